The normalized spacial score (nSPS) is 14.1. The van der Waals surface area contributed by atoms with Gasteiger partial charge in [-0.3, -0.25) is 19.3 Å². The van der Waals surface area contributed by atoms with Crippen LogP contribution in [0.4, 0.5) is 11.4 Å². The highest BCUT2D eigenvalue weighted by Gasteiger charge is 2.32. The summed E-state index contributed by atoms with van der Waals surface area (Å²) in [5.41, 5.74) is 0.619. The van der Waals surface area contributed by atoms with Gasteiger partial charge in [-0.25, -0.2) is 9.48 Å². The Morgan fingerprint density at radius 2 is 1.73 bits per heavy atom. The first-order chi connectivity index (χ1) is 14.4. The summed E-state index contributed by atoms with van der Waals surface area (Å²) in [5.74, 6) is -1.72. The van der Waals surface area contributed by atoms with Crippen LogP contribution in [0.25, 0.3) is 10.8 Å². The molecule has 1 unspecified atom stereocenters. The van der Waals surface area contributed by atoms with E-state index in [-0.39, 0.29) is 23.7 Å². The number of esters is 1. The van der Waals surface area contributed by atoms with Crippen LogP contribution < -0.4 is 15.8 Å². The molecule has 1 aromatic heterocycles. The Morgan fingerprint density at radius 3 is 2.50 bits per heavy atom. The van der Waals surface area contributed by atoms with Gasteiger partial charge in [-0.2, -0.15) is 5.10 Å². The predicted molar refractivity (Wildman–Crippen MR) is 109 cm³/mol. The standard InChI is InChI=1S/C21H18N4O5/c1-12(19(27)25-11-17(26)22-15-9-5-6-10-16(15)25)30-21(29)18-13-7-3-4-8-14(13)20(28)24(2)23-18/h3-10,12H,11H2,1-2H3,(H,22,26). The van der Waals surface area contributed by atoms with Crippen LogP contribution in [-0.4, -0.2) is 40.2 Å². The fraction of sp³-hybridized carbons (Fsp3) is 0.190. The van der Waals surface area contributed by atoms with Crippen LogP contribution in [0.2, 0.25) is 0 Å². The maximum Gasteiger partial charge on any atom is 0.360 e. The molecular formula is C21H18N4O5. The van der Waals surface area contributed by atoms with Crippen molar-refractivity contribution in [3.63, 3.8) is 0 Å². The fourth-order valence-electron chi connectivity index (χ4n) is 3.37. The van der Waals surface area contributed by atoms with Gasteiger partial charge in [-0.15, -0.1) is 0 Å². The monoisotopic (exact) mass is 406 g/mol. The van der Waals surface area contributed by atoms with Gasteiger partial charge in [-0.05, 0) is 25.1 Å². The minimum absolute atomic E-state index is 0.0656. The van der Waals surface area contributed by atoms with Crippen LogP contribution >= 0.6 is 0 Å². The molecule has 0 spiro atoms. The molecule has 1 aliphatic rings. The molecule has 3 aromatic rings. The highest BCUT2D eigenvalue weighted by Crippen LogP contribution is 2.29. The van der Waals surface area contributed by atoms with E-state index in [0.29, 0.717) is 22.1 Å². The molecule has 0 radical (unpaired) electrons. The lowest BCUT2D eigenvalue weighted by molar-refractivity contribution is -0.128. The second kappa shape index (κ2) is 7.43. The summed E-state index contributed by atoms with van der Waals surface area (Å²) in [6, 6.07) is 13.4. The lowest BCUT2D eigenvalue weighted by atomic mass is 10.1. The van der Waals surface area contributed by atoms with Crippen LogP contribution in [0, 0.1) is 0 Å². The molecule has 9 heteroatoms. The molecule has 1 atom stereocenters. The first kappa shape index (κ1) is 19.3. The van der Waals surface area contributed by atoms with E-state index in [9.17, 15) is 19.2 Å². The number of ether oxygens (including phenoxy) is 1. The predicted octanol–water partition coefficient (Wildman–Crippen LogP) is 1.46. The number of anilines is 2. The number of hydrogen-bond donors (Lipinski definition) is 1. The third-order valence-corrected chi connectivity index (χ3v) is 4.82. The van der Waals surface area contributed by atoms with Crippen molar-refractivity contribution in [3.8, 4) is 0 Å². The van der Waals surface area contributed by atoms with Gasteiger partial charge in [0.2, 0.25) is 5.91 Å². The van der Waals surface area contributed by atoms with Gasteiger partial charge < -0.3 is 10.1 Å². The quantitative estimate of drug-likeness (QED) is 0.660. The average Bonchev–Trinajstić information content (AvgIpc) is 2.75. The number of amides is 2. The summed E-state index contributed by atoms with van der Waals surface area (Å²) in [6.07, 6.45) is -1.17. The van der Waals surface area contributed by atoms with Crippen molar-refractivity contribution in [2.45, 2.75) is 13.0 Å². The highest BCUT2D eigenvalue weighted by atomic mass is 16.5. The van der Waals surface area contributed by atoms with E-state index in [1.54, 1.807) is 48.5 Å². The molecule has 2 heterocycles. The molecule has 0 saturated heterocycles. The number of carbonyl (C=O) groups excluding carboxylic acids is 3. The van der Waals surface area contributed by atoms with Gasteiger partial charge >= 0.3 is 5.97 Å². The number of rotatable bonds is 3. The summed E-state index contributed by atoms with van der Waals surface area (Å²) < 4.78 is 6.42. The topological polar surface area (TPSA) is 111 Å². The Bertz CT molecular complexity index is 1250. The van der Waals surface area contributed by atoms with Crippen molar-refractivity contribution in [2.24, 2.45) is 7.05 Å². The van der Waals surface area contributed by atoms with Crippen LogP contribution in [0.15, 0.2) is 53.3 Å². The van der Waals surface area contributed by atoms with Gasteiger partial charge in [0.05, 0.1) is 16.8 Å². The van der Waals surface area contributed by atoms with Crippen LogP contribution in [-0.2, 0) is 21.4 Å². The summed E-state index contributed by atoms with van der Waals surface area (Å²) in [7, 11) is 1.43. The third-order valence-electron chi connectivity index (χ3n) is 4.82. The number of fused-ring (bicyclic) bond motifs is 2. The number of para-hydroxylation sites is 2. The lowest BCUT2D eigenvalue weighted by Crippen LogP contribution is -2.47. The van der Waals surface area contributed by atoms with E-state index in [1.165, 1.54) is 18.9 Å². The summed E-state index contributed by atoms with van der Waals surface area (Å²) in [6.45, 7) is 1.25. The molecular weight excluding hydrogens is 388 g/mol. The van der Waals surface area contributed by atoms with Crippen molar-refractivity contribution >= 4 is 39.9 Å². The van der Waals surface area contributed by atoms with Gasteiger partial charge in [0.1, 0.15) is 6.54 Å². The average molecular weight is 406 g/mol. The van der Waals surface area contributed by atoms with E-state index in [1.807, 2.05) is 0 Å². The maximum absolute atomic E-state index is 13.0. The number of aromatic nitrogens is 2. The van der Waals surface area contributed by atoms with E-state index in [4.69, 9.17) is 4.74 Å². The minimum atomic E-state index is -1.17. The Hall–Kier alpha value is -4.01. The zero-order chi connectivity index (χ0) is 21.4. The Morgan fingerprint density at radius 1 is 1.07 bits per heavy atom. The third kappa shape index (κ3) is 3.30. The molecule has 0 saturated carbocycles. The molecule has 152 valence electrons. The molecule has 0 fully saturated rings. The van der Waals surface area contributed by atoms with E-state index in [2.05, 4.69) is 10.4 Å². The Labute approximate surface area is 170 Å². The first-order valence-electron chi connectivity index (χ1n) is 9.24. The van der Waals surface area contributed by atoms with Crippen molar-refractivity contribution in [1.29, 1.82) is 0 Å². The SMILES string of the molecule is CC(OC(=O)c1nn(C)c(=O)c2ccccc12)C(=O)N1CC(=O)Nc2ccccc21. The minimum Gasteiger partial charge on any atom is -0.448 e. The summed E-state index contributed by atoms with van der Waals surface area (Å²) in [4.78, 5) is 51.2. The maximum atomic E-state index is 13.0. The second-order valence-electron chi connectivity index (χ2n) is 6.86. The Balaban J connectivity index is 1.62. The van der Waals surface area contributed by atoms with Gasteiger partial charge in [-0.1, -0.05) is 30.3 Å². The number of hydrogen-bond acceptors (Lipinski definition) is 6. The molecule has 30 heavy (non-hydrogen) atoms. The van der Waals surface area contributed by atoms with Crippen LogP contribution in [0.1, 0.15) is 17.4 Å². The smallest absolute Gasteiger partial charge is 0.360 e. The van der Waals surface area contributed by atoms with Crippen LogP contribution in [0.5, 0.6) is 0 Å². The number of nitrogens with one attached hydrogen (secondary N) is 1. The summed E-state index contributed by atoms with van der Waals surface area (Å²) >= 11 is 0. The van der Waals surface area contributed by atoms with E-state index in [0.717, 1.165) is 4.68 Å². The number of nitrogens with zero attached hydrogens (tertiary/aromatic N) is 3. The zero-order valence-corrected chi connectivity index (χ0v) is 16.3. The molecule has 0 aliphatic carbocycles. The molecule has 1 aliphatic heterocycles. The molecule has 1 N–H and O–H groups in total. The highest BCUT2D eigenvalue weighted by molar-refractivity contribution is 6.11. The van der Waals surface area contributed by atoms with Crippen molar-refractivity contribution in [2.75, 3.05) is 16.8 Å². The molecule has 9 nitrogen and oxygen atoms in total. The lowest BCUT2D eigenvalue weighted by Gasteiger charge is -2.30. The molecule has 2 aromatic carbocycles. The molecule has 0 bridgehead atoms. The van der Waals surface area contributed by atoms with Crippen molar-refractivity contribution in [1.82, 2.24) is 9.78 Å². The number of carbonyl (C=O) groups is 3. The molecule has 2 amide bonds. The van der Waals surface area contributed by atoms with Gasteiger partial charge in [0.15, 0.2) is 11.8 Å². The fourth-order valence-corrected chi connectivity index (χ4v) is 3.37. The Kier molecular flexibility index (Phi) is 4.78. The zero-order valence-electron chi connectivity index (χ0n) is 16.3. The van der Waals surface area contributed by atoms with Crippen LogP contribution in [0.3, 0.4) is 0 Å². The first-order valence-corrected chi connectivity index (χ1v) is 9.24. The van der Waals surface area contributed by atoms with E-state index < -0.39 is 18.0 Å². The van der Waals surface area contributed by atoms with Crippen molar-refractivity contribution in [3.05, 3.63) is 64.6 Å². The summed E-state index contributed by atoms with van der Waals surface area (Å²) in [5, 5.41) is 7.38. The van der Waals surface area contributed by atoms with Gasteiger partial charge in [0, 0.05) is 12.4 Å². The largest absolute Gasteiger partial charge is 0.448 e. The number of benzene rings is 2. The number of aryl methyl sites for hydroxylation is 1. The molecule has 4 rings (SSSR count). The second-order valence-corrected chi connectivity index (χ2v) is 6.86. The van der Waals surface area contributed by atoms with Gasteiger partial charge in [0.25, 0.3) is 11.5 Å². The van der Waals surface area contributed by atoms with Crippen molar-refractivity contribution < 1.29 is 19.1 Å². The van der Waals surface area contributed by atoms with E-state index >= 15 is 0 Å².